The molecule has 0 fully saturated rings. The highest BCUT2D eigenvalue weighted by Gasteiger charge is 2.09. The van der Waals surface area contributed by atoms with Gasteiger partial charge in [0.25, 0.3) is 0 Å². The maximum absolute atomic E-state index is 8.74. The predicted molar refractivity (Wildman–Crippen MR) is 107 cm³/mol. The summed E-state index contributed by atoms with van der Waals surface area (Å²) in [6.45, 7) is 0. The number of pyridine rings is 1. The summed E-state index contributed by atoms with van der Waals surface area (Å²) >= 11 is 1.63. The summed E-state index contributed by atoms with van der Waals surface area (Å²) in [6.07, 6.45) is 3.65. The molecule has 136 valence electrons. The van der Waals surface area contributed by atoms with E-state index in [1.165, 1.54) is 0 Å². The highest BCUT2D eigenvalue weighted by Crippen LogP contribution is 2.33. The first kappa shape index (κ1) is 19.9. The summed E-state index contributed by atoms with van der Waals surface area (Å²) < 4.78 is 10.4. The van der Waals surface area contributed by atoms with E-state index >= 15 is 0 Å². The number of benzene rings is 2. The third-order valence-electron chi connectivity index (χ3n) is 3.69. The Labute approximate surface area is 157 Å². The van der Waals surface area contributed by atoms with Crippen LogP contribution in [-0.2, 0) is 0 Å². The Morgan fingerprint density at radius 3 is 2.15 bits per heavy atom. The summed E-state index contributed by atoms with van der Waals surface area (Å²) in [5, 5.41) is 18.3. The maximum atomic E-state index is 8.74. The van der Waals surface area contributed by atoms with Crippen molar-refractivity contribution in [3.8, 4) is 11.5 Å². The third-order valence-corrected chi connectivity index (χ3v) is 4.44. The zero-order valence-corrected chi connectivity index (χ0v) is 15.7. The lowest BCUT2D eigenvalue weighted by atomic mass is 9.81. The molecule has 0 aliphatic carbocycles. The molecular weight excluding hydrogens is 351 g/mol. The van der Waals surface area contributed by atoms with E-state index < -0.39 is 7.12 Å². The van der Waals surface area contributed by atoms with Gasteiger partial charge >= 0.3 is 7.12 Å². The average molecular weight is 372 g/mol. The average Bonchev–Trinajstić information content (AvgIpc) is 2.67. The Hall–Kier alpha value is -2.42. The van der Waals surface area contributed by atoms with Gasteiger partial charge in [-0.25, -0.2) is 0 Å². The van der Waals surface area contributed by atoms with E-state index in [4.69, 9.17) is 25.3 Å². The highest BCUT2D eigenvalue weighted by atomic mass is 32.2. The van der Waals surface area contributed by atoms with Gasteiger partial charge in [-0.15, -0.1) is 11.8 Å². The van der Waals surface area contributed by atoms with Crippen molar-refractivity contribution >= 4 is 40.9 Å². The van der Waals surface area contributed by atoms with E-state index in [-0.39, 0.29) is 0 Å². The Kier molecular flexibility index (Phi) is 7.14. The number of thioether (sulfide) groups is 1. The molecule has 0 radical (unpaired) electrons. The zero-order valence-electron chi connectivity index (χ0n) is 14.8. The van der Waals surface area contributed by atoms with Gasteiger partial charge in [0.2, 0.25) is 0 Å². The molecule has 2 aromatic carbocycles. The van der Waals surface area contributed by atoms with Gasteiger partial charge in [-0.05, 0) is 36.0 Å². The summed E-state index contributed by atoms with van der Waals surface area (Å²) in [6, 6.07) is 12.5. The van der Waals surface area contributed by atoms with Crippen molar-refractivity contribution in [2.45, 2.75) is 4.90 Å². The van der Waals surface area contributed by atoms with Crippen molar-refractivity contribution in [3.63, 3.8) is 0 Å². The van der Waals surface area contributed by atoms with Gasteiger partial charge in [0, 0.05) is 28.2 Å². The molecule has 8 heteroatoms. The van der Waals surface area contributed by atoms with E-state index in [9.17, 15) is 0 Å². The summed E-state index contributed by atoms with van der Waals surface area (Å²) in [4.78, 5) is 5.33. The number of fused-ring (bicyclic) bond motifs is 1. The van der Waals surface area contributed by atoms with E-state index in [2.05, 4.69) is 4.98 Å². The van der Waals surface area contributed by atoms with Gasteiger partial charge in [0.15, 0.2) is 11.5 Å². The number of aromatic nitrogens is 1. The van der Waals surface area contributed by atoms with Crippen LogP contribution in [-0.4, -0.2) is 42.6 Å². The Morgan fingerprint density at radius 1 is 1.00 bits per heavy atom. The monoisotopic (exact) mass is 372 g/mol. The second kappa shape index (κ2) is 9.33. The second-order valence-electron chi connectivity index (χ2n) is 5.27. The zero-order chi connectivity index (χ0) is 19.1. The topological polar surface area (TPSA) is 97.8 Å². The standard InChI is InChI=1S/C11H12N2O2.C7H9BO2S/c1-14-10-5-7-8(12)3-4-13-9(7)6-11(10)15-2;1-11-7-4-2-6(3-5-7)8(9)10/h3-6H,1-2H3,(H2,12,13);2-5,9-10H,1H3. The van der Waals surface area contributed by atoms with Crippen molar-refractivity contribution in [3.05, 3.63) is 48.7 Å². The molecule has 0 aliphatic rings. The lowest BCUT2D eigenvalue weighted by Crippen LogP contribution is -2.29. The van der Waals surface area contributed by atoms with Gasteiger partial charge in [-0.3, -0.25) is 4.98 Å². The fourth-order valence-electron chi connectivity index (χ4n) is 2.27. The van der Waals surface area contributed by atoms with Crippen LogP contribution in [0.5, 0.6) is 11.5 Å². The molecule has 0 saturated carbocycles. The van der Waals surface area contributed by atoms with Crippen LogP contribution in [0.15, 0.2) is 53.6 Å². The van der Waals surface area contributed by atoms with Crippen LogP contribution < -0.4 is 20.7 Å². The molecule has 6 nitrogen and oxygen atoms in total. The lowest BCUT2D eigenvalue weighted by molar-refractivity contribution is 0.356. The van der Waals surface area contributed by atoms with Crippen LogP contribution in [0.3, 0.4) is 0 Å². The van der Waals surface area contributed by atoms with Crippen LogP contribution in [0.1, 0.15) is 0 Å². The number of hydrogen-bond acceptors (Lipinski definition) is 7. The number of nitrogens with zero attached hydrogens (tertiary/aromatic N) is 1. The molecule has 0 aliphatic heterocycles. The van der Waals surface area contributed by atoms with Gasteiger partial charge in [-0.2, -0.15) is 0 Å². The molecule has 0 spiro atoms. The molecular formula is C18H21BN2O4S. The van der Waals surface area contributed by atoms with E-state index in [1.807, 2.05) is 30.5 Å². The SMILES string of the molecule is COc1cc2nccc(N)c2cc1OC.CSc1ccc(B(O)O)cc1. The number of nitrogens with two attached hydrogens (primary N) is 1. The Bertz CT molecular complexity index is 860. The van der Waals surface area contributed by atoms with E-state index in [1.54, 1.807) is 50.4 Å². The van der Waals surface area contributed by atoms with Crippen LogP contribution in [0, 0.1) is 0 Å². The first-order valence-electron chi connectivity index (χ1n) is 7.76. The summed E-state index contributed by atoms with van der Waals surface area (Å²) in [5.74, 6) is 1.31. The molecule has 0 saturated heterocycles. The molecule has 0 amide bonds. The first-order chi connectivity index (χ1) is 12.5. The molecule has 3 rings (SSSR count). The maximum Gasteiger partial charge on any atom is 0.488 e. The highest BCUT2D eigenvalue weighted by molar-refractivity contribution is 7.98. The van der Waals surface area contributed by atoms with Crippen molar-refractivity contribution in [1.82, 2.24) is 4.98 Å². The number of anilines is 1. The number of rotatable bonds is 4. The van der Waals surface area contributed by atoms with E-state index in [0.29, 0.717) is 22.6 Å². The minimum Gasteiger partial charge on any atom is -0.493 e. The molecule has 26 heavy (non-hydrogen) atoms. The summed E-state index contributed by atoms with van der Waals surface area (Å²) in [5.41, 5.74) is 7.85. The number of ether oxygens (including phenoxy) is 2. The number of methoxy groups -OCH3 is 2. The Balaban J connectivity index is 0.000000197. The molecule has 0 unspecified atom stereocenters. The smallest absolute Gasteiger partial charge is 0.488 e. The molecule has 0 bridgehead atoms. The van der Waals surface area contributed by atoms with Crippen molar-refractivity contribution in [1.29, 1.82) is 0 Å². The molecule has 4 N–H and O–H groups in total. The number of hydrogen-bond donors (Lipinski definition) is 3. The second-order valence-corrected chi connectivity index (χ2v) is 6.15. The normalized spacial score (nSPS) is 10.0. The van der Waals surface area contributed by atoms with Crippen LogP contribution in [0.4, 0.5) is 5.69 Å². The van der Waals surface area contributed by atoms with E-state index in [0.717, 1.165) is 15.8 Å². The van der Waals surface area contributed by atoms with Gasteiger partial charge in [0.1, 0.15) is 0 Å². The van der Waals surface area contributed by atoms with Crippen LogP contribution >= 0.6 is 11.8 Å². The first-order valence-corrected chi connectivity index (χ1v) is 8.99. The molecule has 0 atom stereocenters. The minimum atomic E-state index is -1.36. The minimum absolute atomic E-state index is 0.530. The third kappa shape index (κ3) is 4.81. The molecule has 1 heterocycles. The molecule has 1 aromatic heterocycles. The fraction of sp³-hybridized carbons (Fsp3) is 0.167. The van der Waals surface area contributed by atoms with Crippen molar-refractivity contribution < 1.29 is 19.5 Å². The van der Waals surface area contributed by atoms with Gasteiger partial charge in [0.05, 0.1) is 19.7 Å². The predicted octanol–water partition coefficient (Wildman–Crippen LogP) is 1.92. The fourth-order valence-corrected chi connectivity index (χ4v) is 2.68. The number of nitrogen functional groups attached to an aromatic ring is 1. The molecule has 3 aromatic rings. The quantitative estimate of drug-likeness (QED) is 0.476. The van der Waals surface area contributed by atoms with Crippen molar-refractivity contribution in [2.24, 2.45) is 0 Å². The van der Waals surface area contributed by atoms with Crippen molar-refractivity contribution in [2.75, 3.05) is 26.2 Å². The van der Waals surface area contributed by atoms with Crippen LogP contribution in [0.25, 0.3) is 10.9 Å². The Morgan fingerprint density at radius 2 is 1.62 bits per heavy atom. The van der Waals surface area contributed by atoms with Gasteiger partial charge in [-0.1, -0.05) is 12.1 Å². The summed E-state index contributed by atoms with van der Waals surface area (Å²) in [7, 11) is 1.83. The van der Waals surface area contributed by atoms with Gasteiger partial charge < -0.3 is 25.3 Å². The largest absolute Gasteiger partial charge is 0.493 e. The lowest BCUT2D eigenvalue weighted by Gasteiger charge is -2.09. The van der Waals surface area contributed by atoms with Crippen LogP contribution in [0.2, 0.25) is 0 Å².